The van der Waals surface area contributed by atoms with Crippen LogP contribution in [0.15, 0.2) is 144 Å². The molecule has 0 saturated heterocycles. The predicted molar refractivity (Wildman–Crippen MR) is 169 cm³/mol. The van der Waals surface area contributed by atoms with Crippen LogP contribution in [-0.2, 0) is 0 Å². The molecule has 0 spiro atoms. The molecule has 2 heterocycles. The molecule has 0 radical (unpaired) electrons. The number of fused-ring (bicyclic) bond motifs is 4. The summed E-state index contributed by atoms with van der Waals surface area (Å²) < 4.78 is 7.82. The van der Waals surface area contributed by atoms with E-state index in [1.807, 2.05) is 6.07 Å². The zero-order valence-corrected chi connectivity index (χ0v) is 22.4. The van der Waals surface area contributed by atoms with E-state index >= 15 is 0 Å². The molecule has 188 valence electrons. The van der Waals surface area contributed by atoms with Gasteiger partial charge in [-0.15, -0.1) is 11.3 Å². The first-order chi connectivity index (χ1) is 19.8. The molecule has 40 heavy (non-hydrogen) atoms. The van der Waals surface area contributed by atoms with Gasteiger partial charge in [-0.25, -0.2) is 4.98 Å². The Labute approximate surface area is 235 Å². The van der Waals surface area contributed by atoms with Crippen molar-refractivity contribution < 1.29 is 4.42 Å². The molecule has 0 atom stereocenters. The zero-order valence-electron chi connectivity index (χ0n) is 21.5. The van der Waals surface area contributed by atoms with Gasteiger partial charge in [-0.2, -0.15) is 0 Å². The van der Waals surface area contributed by atoms with Crippen LogP contribution < -0.4 is 0 Å². The first-order valence-electron chi connectivity index (χ1n) is 13.4. The van der Waals surface area contributed by atoms with Crippen LogP contribution in [-0.4, -0.2) is 4.98 Å². The van der Waals surface area contributed by atoms with Crippen LogP contribution in [0.3, 0.4) is 0 Å². The van der Waals surface area contributed by atoms with Crippen molar-refractivity contribution in [3.8, 4) is 44.0 Å². The summed E-state index contributed by atoms with van der Waals surface area (Å²) >= 11 is 1.73. The van der Waals surface area contributed by atoms with Crippen LogP contribution in [0.5, 0.6) is 0 Å². The Bertz CT molecular complexity index is 2110. The van der Waals surface area contributed by atoms with Crippen molar-refractivity contribution in [2.24, 2.45) is 0 Å². The normalized spacial score (nSPS) is 11.5. The minimum Gasteiger partial charge on any atom is -0.455 e. The molecule has 0 bridgehead atoms. The second-order valence-corrected chi connectivity index (χ2v) is 11.0. The minimum absolute atomic E-state index is 0.894. The third-order valence-electron chi connectivity index (χ3n) is 7.53. The van der Waals surface area contributed by atoms with Crippen LogP contribution in [0.2, 0.25) is 0 Å². The van der Waals surface area contributed by atoms with Gasteiger partial charge >= 0.3 is 0 Å². The predicted octanol–water partition coefficient (Wildman–Crippen LogP) is 10.9. The topological polar surface area (TPSA) is 26.0 Å². The van der Waals surface area contributed by atoms with E-state index in [2.05, 4.69) is 133 Å². The smallest absolute Gasteiger partial charge is 0.143 e. The maximum Gasteiger partial charge on any atom is 0.143 e. The van der Waals surface area contributed by atoms with Crippen LogP contribution in [0.1, 0.15) is 0 Å². The lowest BCUT2D eigenvalue weighted by Crippen LogP contribution is -1.84. The van der Waals surface area contributed by atoms with E-state index in [9.17, 15) is 0 Å². The van der Waals surface area contributed by atoms with Crippen LogP contribution in [0.4, 0.5) is 0 Å². The molecule has 0 N–H and O–H groups in total. The molecule has 2 nitrogen and oxygen atoms in total. The number of hydrogen-bond acceptors (Lipinski definition) is 3. The van der Waals surface area contributed by atoms with E-state index in [-0.39, 0.29) is 0 Å². The third-order valence-corrected chi connectivity index (χ3v) is 8.61. The molecule has 0 amide bonds. The molecule has 2 aromatic heterocycles. The molecule has 0 aliphatic rings. The monoisotopic (exact) mass is 529 g/mol. The number of benzene rings is 6. The van der Waals surface area contributed by atoms with Crippen LogP contribution in [0.25, 0.3) is 76.1 Å². The molecule has 0 aliphatic heterocycles. The molecule has 0 saturated carbocycles. The van der Waals surface area contributed by atoms with E-state index in [1.54, 1.807) is 11.3 Å². The zero-order chi connectivity index (χ0) is 26.5. The summed E-state index contributed by atoms with van der Waals surface area (Å²) in [5.74, 6) is 0. The summed E-state index contributed by atoms with van der Waals surface area (Å²) in [6.45, 7) is 0. The number of furan rings is 1. The highest BCUT2D eigenvalue weighted by Gasteiger charge is 2.18. The highest BCUT2D eigenvalue weighted by Crippen LogP contribution is 2.43. The number of para-hydroxylation sites is 1. The molecule has 6 aromatic carbocycles. The number of hydrogen-bond donors (Lipinski definition) is 0. The Kier molecular flexibility index (Phi) is 5.35. The lowest BCUT2D eigenvalue weighted by Gasteiger charge is -2.09. The van der Waals surface area contributed by atoms with Crippen LogP contribution in [0, 0.1) is 0 Å². The van der Waals surface area contributed by atoms with Gasteiger partial charge < -0.3 is 4.42 Å². The van der Waals surface area contributed by atoms with Gasteiger partial charge in [0, 0.05) is 21.9 Å². The molecule has 0 unspecified atom stereocenters. The summed E-state index contributed by atoms with van der Waals surface area (Å²) in [5, 5.41) is 3.31. The fourth-order valence-electron chi connectivity index (χ4n) is 5.59. The summed E-state index contributed by atoms with van der Waals surface area (Å²) in [6.07, 6.45) is 0. The van der Waals surface area contributed by atoms with Gasteiger partial charge in [-0.1, -0.05) is 109 Å². The Morgan fingerprint density at radius 1 is 0.500 bits per heavy atom. The van der Waals surface area contributed by atoms with Crippen molar-refractivity contribution in [3.63, 3.8) is 0 Å². The fraction of sp³-hybridized carbons (Fsp3) is 0. The van der Waals surface area contributed by atoms with Gasteiger partial charge in [0.05, 0.1) is 10.2 Å². The second-order valence-electron chi connectivity index (χ2n) is 9.98. The van der Waals surface area contributed by atoms with Gasteiger partial charge in [-0.3, -0.25) is 0 Å². The van der Waals surface area contributed by atoms with E-state index in [0.29, 0.717) is 0 Å². The average molecular weight is 530 g/mol. The SMILES string of the molecule is c1ccc(-c2cc(-c3ccccc3)c3oc4cccc(-c5ccc(-c6nc7ccccc7s6)cc5)c4c3c2)cc1. The van der Waals surface area contributed by atoms with Crippen molar-refractivity contribution in [1.82, 2.24) is 4.98 Å². The van der Waals surface area contributed by atoms with E-state index in [4.69, 9.17) is 9.40 Å². The highest BCUT2D eigenvalue weighted by molar-refractivity contribution is 7.21. The minimum atomic E-state index is 0.894. The number of rotatable bonds is 4. The summed E-state index contributed by atoms with van der Waals surface area (Å²) in [6, 6.07) is 49.0. The average Bonchev–Trinajstić information content (AvgIpc) is 3.63. The lowest BCUT2D eigenvalue weighted by atomic mass is 9.93. The molecular formula is C37H23NOS. The van der Waals surface area contributed by atoms with Crippen molar-refractivity contribution in [2.75, 3.05) is 0 Å². The fourth-order valence-corrected chi connectivity index (χ4v) is 6.56. The summed E-state index contributed by atoms with van der Waals surface area (Å²) in [7, 11) is 0. The summed E-state index contributed by atoms with van der Waals surface area (Å²) in [4.78, 5) is 4.85. The summed E-state index contributed by atoms with van der Waals surface area (Å²) in [5.41, 5.74) is 10.9. The number of nitrogens with zero attached hydrogens (tertiary/aromatic N) is 1. The lowest BCUT2D eigenvalue weighted by molar-refractivity contribution is 0.670. The Morgan fingerprint density at radius 2 is 1.18 bits per heavy atom. The third kappa shape index (κ3) is 3.83. The van der Waals surface area contributed by atoms with Gasteiger partial charge in [0.2, 0.25) is 0 Å². The second kappa shape index (κ2) is 9.33. The molecule has 8 rings (SSSR count). The molecule has 3 heteroatoms. The maximum absolute atomic E-state index is 6.61. The Morgan fingerprint density at radius 3 is 1.95 bits per heavy atom. The van der Waals surface area contributed by atoms with E-state index in [0.717, 1.165) is 60.3 Å². The molecule has 8 aromatic rings. The maximum atomic E-state index is 6.61. The van der Waals surface area contributed by atoms with Crippen molar-refractivity contribution in [3.05, 3.63) is 140 Å². The van der Waals surface area contributed by atoms with Crippen molar-refractivity contribution >= 4 is 43.5 Å². The quantitative estimate of drug-likeness (QED) is 0.227. The van der Waals surface area contributed by atoms with E-state index < -0.39 is 0 Å². The Hall–Kier alpha value is -4.99. The number of thiazole rings is 1. The van der Waals surface area contributed by atoms with Gasteiger partial charge in [0.1, 0.15) is 16.2 Å². The molecule has 0 fully saturated rings. The first kappa shape index (κ1) is 22.9. The first-order valence-corrected chi connectivity index (χ1v) is 14.2. The molecular weight excluding hydrogens is 506 g/mol. The van der Waals surface area contributed by atoms with Crippen molar-refractivity contribution in [2.45, 2.75) is 0 Å². The van der Waals surface area contributed by atoms with Gasteiger partial charge in [0.15, 0.2) is 0 Å². The largest absolute Gasteiger partial charge is 0.455 e. The molecule has 0 aliphatic carbocycles. The van der Waals surface area contributed by atoms with Gasteiger partial charge in [-0.05, 0) is 58.1 Å². The van der Waals surface area contributed by atoms with Crippen molar-refractivity contribution in [1.29, 1.82) is 0 Å². The standard InChI is InChI=1S/C37H23NOS/c1-3-10-24(11-4-1)28-22-30(25-12-5-2-6-13-25)36-31(23-28)35-29(14-9-16-33(35)39-36)26-18-20-27(21-19-26)37-38-32-15-7-8-17-34(32)40-37/h1-23H. The Balaban J connectivity index is 1.32. The number of aromatic nitrogens is 1. The van der Waals surface area contributed by atoms with Gasteiger partial charge in [0.25, 0.3) is 0 Å². The highest BCUT2D eigenvalue weighted by atomic mass is 32.1. The van der Waals surface area contributed by atoms with E-state index in [1.165, 1.54) is 15.8 Å². The van der Waals surface area contributed by atoms with Crippen LogP contribution >= 0.6 is 11.3 Å².